The summed E-state index contributed by atoms with van der Waals surface area (Å²) in [6.45, 7) is 3.48. The van der Waals surface area contributed by atoms with Gasteiger partial charge in [-0.1, -0.05) is 12.2 Å². The van der Waals surface area contributed by atoms with Crippen LogP contribution in [0.2, 0.25) is 0 Å². The van der Waals surface area contributed by atoms with Crippen LogP contribution in [0.1, 0.15) is 26.2 Å². The summed E-state index contributed by atoms with van der Waals surface area (Å²) in [4.78, 5) is 10.5. The van der Waals surface area contributed by atoms with Gasteiger partial charge in [0.25, 0.3) is 0 Å². The highest BCUT2D eigenvalue weighted by Gasteiger charge is 2.12. The van der Waals surface area contributed by atoms with Crippen molar-refractivity contribution in [1.82, 2.24) is 0 Å². The third-order valence-electron chi connectivity index (χ3n) is 2.20. The molecule has 16 heavy (non-hydrogen) atoms. The van der Waals surface area contributed by atoms with E-state index in [1.165, 1.54) is 13.3 Å². The van der Waals surface area contributed by atoms with Gasteiger partial charge in [0.2, 0.25) is 0 Å². The molecule has 0 radical (unpaired) electrons. The number of hydrogen-bond acceptors (Lipinski definition) is 4. The van der Waals surface area contributed by atoms with Crippen LogP contribution in [0.15, 0.2) is 12.2 Å². The highest BCUT2D eigenvalue weighted by Crippen LogP contribution is 2.13. The van der Waals surface area contributed by atoms with Crippen LogP contribution in [0.3, 0.4) is 0 Å². The summed E-state index contributed by atoms with van der Waals surface area (Å²) in [7, 11) is 0. The van der Waals surface area contributed by atoms with Crippen LogP contribution in [-0.4, -0.2) is 38.5 Å². The highest BCUT2D eigenvalue weighted by molar-refractivity contribution is 5.76. The number of ketones is 1. The van der Waals surface area contributed by atoms with Crippen molar-refractivity contribution in [1.29, 1.82) is 0 Å². The Morgan fingerprint density at radius 2 is 2.19 bits per heavy atom. The summed E-state index contributed by atoms with van der Waals surface area (Å²) in [5, 5.41) is 0. The molecule has 4 heteroatoms. The fourth-order valence-corrected chi connectivity index (χ4v) is 1.41. The maximum atomic E-state index is 10.5. The zero-order valence-electron chi connectivity index (χ0n) is 9.81. The van der Waals surface area contributed by atoms with Gasteiger partial charge in [-0.2, -0.15) is 0 Å². The van der Waals surface area contributed by atoms with Gasteiger partial charge in [-0.05, 0) is 26.2 Å². The number of Topliss-reactive ketones (excluding diaryl/α,β-unsaturated/α-hetero) is 1. The molecule has 4 nitrogen and oxygen atoms in total. The molecule has 0 spiro atoms. The van der Waals surface area contributed by atoms with Crippen molar-refractivity contribution >= 4 is 5.78 Å². The predicted octanol–water partition coefficient (Wildman–Crippen LogP) is 1.69. The average Bonchev–Trinajstić information content (AvgIpc) is 2.29. The maximum Gasteiger partial charge on any atom is 0.157 e. The van der Waals surface area contributed by atoms with Crippen LogP contribution in [-0.2, 0) is 19.0 Å². The van der Waals surface area contributed by atoms with Crippen molar-refractivity contribution in [3.63, 3.8) is 0 Å². The van der Waals surface area contributed by atoms with Crippen molar-refractivity contribution in [3.05, 3.63) is 12.2 Å². The van der Waals surface area contributed by atoms with Crippen LogP contribution >= 0.6 is 0 Å². The van der Waals surface area contributed by atoms with Gasteiger partial charge in [0, 0.05) is 6.61 Å². The Hall–Kier alpha value is -0.710. The van der Waals surface area contributed by atoms with Crippen molar-refractivity contribution in [2.75, 3.05) is 26.4 Å². The third kappa shape index (κ3) is 6.71. The third-order valence-corrected chi connectivity index (χ3v) is 2.20. The van der Waals surface area contributed by atoms with Gasteiger partial charge in [0.1, 0.15) is 6.61 Å². The van der Waals surface area contributed by atoms with E-state index in [4.69, 9.17) is 14.2 Å². The Labute approximate surface area is 96.6 Å². The van der Waals surface area contributed by atoms with E-state index >= 15 is 0 Å². The first-order valence-electron chi connectivity index (χ1n) is 5.74. The summed E-state index contributed by atoms with van der Waals surface area (Å²) in [6.07, 6.45) is 6.99. The van der Waals surface area contributed by atoms with E-state index in [1.54, 1.807) is 0 Å². The zero-order chi connectivity index (χ0) is 11.6. The van der Waals surface area contributed by atoms with Crippen molar-refractivity contribution in [3.8, 4) is 0 Å². The van der Waals surface area contributed by atoms with Gasteiger partial charge in [0.15, 0.2) is 12.1 Å². The molecule has 1 heterocycles. The molecule has 0 aromatic carbocycles. The summed E-state index contributed by atoms with van der Waals surface area (Å²) in [5.74, 6) is 0.0419. The minimum Gasteiger partial charge on any atom is -0.370 e. The normalized spacial score (nSPS) is 21.4. The average molecular weight is 228 g/mol. The van der Waals surface area contributed by atoms with Gasteiger partial charge in [-0.15, -0.1) is 0 Å². The van der Waals surface area contributed by atoms with Gasteiger partial charge in [-0.3, -0.25) is 4.79 Å². The molecule has 0 aromatic heterocycles. The Bertz CT molecular complexity index is 219. The van der Waals surface area contributed by atoms with Crippen LogP contribution in [0.4, 0.5) is 0 Å². The predicted molar refractivity (Wildman–Crippen MR) is 60.2 cm³/mol. The van der Waals surface area contributed by atoms with Crippen LogP contribution < -0.4 is 0 Å². The van der Waals surface area contributed by atoms with Crippen molar-refractivity contribution in [2.24, 2.45) is 0 Å². The van der Waals surface area contributed by atoms with Crippen molar-refractivity contribution < 1.29 is 19.0 Å². The molecule has 0 bridgehead atoms. The van der Waals surface area contributed by atoms with E-state index in [0.717, 1.165) is 19.4 Å². The minimum atomic E-state index is -0.0449. The van der Waals surface area contributed by atoms with Gasteiger partial charge < -0.3 is 14.2 Å². The fourth-order valence-electron chi connectivity index (χ4n) is 1.41. The van der Waals surface area contributed by atoms with Crippen LogP contribution in [0.25, 0.3) is 0 Å². The number of hydrogen-bond donors (Lipinski definition) is 0. The number of carbonyl (C=O) groups excluding carboxylic acids is 1. The quantitative estimate of drug-likeness (QED) is 0.491. The standard InChI is InChI=1S/C12H20O4/c1-11(13)10-14-7-4-5-9-16-12-6-2-3-8-15-12/h4-5,12H,2-3,6-10H2,1H3/b5-4+. The summed E-state index contributed by atoms with van der Waals surface area (Å²) < 4.78 is 15.9. The van der Waals surface area contributed by atoms with E-state index in [1.807, 2.05) is 12.2 Å². The Morgan fingerprint density at radius 3 is 2.88 bits per heavy atom. The maximum absolute atomic E-state index is 10.5. The highest BCUT2D eigenvalue weighted by atomic mass is 16.7. The molecule has 1 rings (SSSR count). The molecule has 0 aromatic rings. The van der Waals surface area contributed by atoms with E-state index in [2.05, 4.69) is 0 Å². The number of ether oxygens (including phenoxy) is 3. The van der Waals surface area contributed by atoms with Gasteiger partial charge in [0.05, 0.1) is 13.2 Å². The Balaban J connectivity index is 1.93. The molecule has 0 aliphatic carbocycles. The lowest BCUT2D eigenvalue weighted by Crippen LogP contribution is -2.22. The fraction of sp³-hybridized carbons (Fsp3) is 0.750. The van der Waals surface area contributed by atoms with Gasteiger partial charge in [-0.25, -0.2) is 0 Å². The Morgan fingerprint density at radius 1 is 1.38 bits per heavy atom. The molecule has 1 unspecified atom stereocenters. The molecule has 0 N–H and O–H groups in total. The van der Waals surface area contributed by atoms with E-state index in [9.17, 15) is 4.79 Å². The molecular formula is C12H20O4. The first-order valence-corrected chi connectivity index (χ1v) is 5.74. The first kappa shape index (κ1) is 13.4. The molecule has 92 valence electrons. The molecule has 1 fully saturated rings. The largest absolute Gasteiger partial charge is 0.370 e. The van der Waals surface area contributed by atoms with Crippen LogP contribution in [0.5, 0.6) is 0 Å². The van der Waals surface area contributed by atoms with E-state index in [0.29, 0.717) is 13.2 Å². The lowest BCUT2D eigenvalue weighted by Gasteiger charge is -2.21. The Kier molecular flexibility index (Phi) is 7.05. The minimum absolute atomic E-state index is 0.0419. The first-order chi connectivity index (χ1) is 7.79. The molecule has 0 amide bonds. The second-order valence-corrected chi connectivity index (χ2v) is 3.82. The SMILES string of the molecule is CC(=O)COC/C=C/COC1CCCCO1. The molecule has 1 aliphatic heterocycles. The van der Waals surface area contributed by atoms with Crippen molar-refractivity contribution in [2.45, 2.75) is 32.5 Å². The molecule has 1 atom stereocenters. The molecule has 1 saturated heterocycles. The molecule has 1 aliphatic rings. The molecule has 0 saturated carbocycles. The number of rotatable bonds is 7. The lowest BCUT2D eigenvalue weighted by molar-refractivity contribution is -0.155. The van der Waals surface area contributed by atoms with Crippen LogP contribution in [0, 0.1) is 0 Å². The summed E-state index contributed by atoms with van der Waals surface area (Å²) in [6, 6.07) is 0. The lowest BCUT2D eigenvalue weighted by atomic mass is 10.2. The van der Waals surface area contributed by atoms with E-state index in [-0.39, 0.29) is 18.7 Å². The topological polar surface area (TPSA) is 44.8 Å². The second-order valence-electron chi connectivity index (χ2n) is 3.82. The smallest absolute Gasteiger partial charge is 0.157 e. The van der Waals surface area contributed by atoms with E-state index < -0.39 is 0 Å². The number of carbonyl (C=O) groups is 1. The summed E-state index contributed by atoms with van der Waals surface area (Å²) in [5.41, 5.74) is 0. The van der Waals surface area contributed by atoms with Gasteiger partial charge >= 0.3 is 0 Å². The zero-order valence-corrected chi connectivity index (χ0v) is 9.81. The second kappa shape index (κ2) is 8.44. The monoisotopic (exact) mass is 228 g/mol. The summed E-state index contributed by atoms with van der Waals surface area (Å²) >= 11 is 0. The molecular weight excluding hydrogens is 208 g/mol.